The second-order valence-electron chi connectivity index (χ2n) is 5.93. The summed E-state index contributed by atoms with van der Waals surface area (Å²) in [6, 6.07) is 8.04. The van der Waals surface area contributed by atoms with Crippen molar-refractivity contribution < 1.29 is 4.79 Å². The van der Waals surface area contributed by atoms with Crippen LogP contribution in [-0.2, 0) is 4.79 Å². The molecular formula is C16H23N5OS. The van der Waals surface area contributed by atoms with Gasteiger partial charge in [-0.25, -0.2) is 4.68 Å². The first kappa shape index (κ1) is 17.3. The maximum absolute atomic E-state index is 11.9. The minimum absolute atomic E-state index is 0.0314. The van der Waals surface area contributed by atoms with E-state index in [1.807, 2.05) is 38.1 Å². The molecule has 1 amide bonds. The largest absolute Gasteiger partial charge is 0.353 e. The highest BCUT2D eigenvalue weighted by Gasteiger charge is 2.15. The Hall–Kier alpha value is -2.02. The molecule has 0 saturated heterocycles. The average Bonchev–Trinajstić information content (AvgIpc) is 2.87. The molecular weight excluding hydrogens is 310 g/mol. The lowest BCUT2D eigenvalue weighted by molar-refractivity contribution is -0.119. The van der Waals surface area contributed by atoms with Crippen LogP contribution in [0.15, 0.2) is 29.4 Å². The fourth-order valence-corrected chi connectivity index (χ4v) is 2.53. The number of thioether (sulfide) groups is 1. The summed E-state index contributed by atoms with van der Waals surface area (Å²) in [6.45, 7) is 8.16. The summed E-state index contributed by atoms with van der Waals surface area (Å²) in [6.07, 6.45) is 0. The number of carbonyl (C=O) groups is 1. The molecule has 6 nitrogen and oxygen atoms in total. The van der Waals surface area contributed by atoms with Gasteiger partial charge < -0.3 is 11.2 Å². The summed E-state index contributed by atoms with van der Waals surface area (Å²) in [4.78, 5) is 11.9. The third-order valence-electron chi connectivity index (χ3n) is 3.70. The fourth-order valence-electron chi connectivity index (χ4n) is 1.87. The van der Waals surface area contributed by atoms with Gasteiger partial charge in [-0.05, 0) is 19.8 Å². The van der Waals surface area contributed by atoms with E-state index in [1.54, 1.807) is 0 Å². The van der Waals surface area contributed by atoms with Crippen LogP contribution in [0.4, 0.5) is 0 Å². The van der Waals surface area contributed by atoms with Crippen molar-refractivity contribution in [1.29, 1.82) is 0 Å². The second kappa shape index (κ2) is 7.50. The maximum Gasteiger partial charge on any atom is 0.230 e. The third-order valence-corrected chi connectivity index (χ3v) is 4.64. The topological polar surface area (TPSA) is 85.8 Å². The van der Waals surface area contributed by atoms with Crippen LogP contribution in [0.5, 0.6) is 0 Å². The van der Waals surface area contributed by atoms with Crippen LogP contribution in [0.2, 0.25) is 0 Å². The SMILES string of the molecule is Cc1ccc(-c2nnc(SCC(=O)N[C@@H](C)C(C)C)n2N)cc1. The van der Waals surface area contributed by atoms with Gasteiger partial charge in [0.1, 0.15) is 0 Å². The molecule has 0 aliphatic heterocycles. The molecule has 0 unspecified atom stereocenters. The van der Waals surface area contributed by atoms with E-state index in [9.17, 15) is 4.79 Å². The highest BCUT2D eigenvalue weighted by Crippen LogP contribution is 2.21. The lowest BCUT2D eigenvalue weighted by atomic mass is 10.1. The van der Waals surface area contributed by atoms with Crippen molar-refractivity contribution in [3.05, 3.63) is 29.8 Å². The molecule has 0 aliphatic rings. The van der Waals surface area contributed by atoms with Crippen molar-refractivity contribution in [2.75, 3.05) is 11.6 Å². The van der Waals surface area contributed by atoms with Crippen molar-refractivity contribution in [3.63, 3.8) is 0 Å². The summed E-state index contributed by atoms with van der Waals surface area (Å²) in [7, 11) is 0. The smallest absolute Gasteiger partial charge is 0.230 e. The molecule has 7 heteroatoms. The predicted molar refractivity (Wildman–Crippen MR) is 93.5 cm³/mol. The third kappa shape index (κ3) is 4.48. The molecule has 1 atom stereocenters. The lowest BCUT2D eigenvalue weighted by Gasteiger charge is -2.16. The number of hydrogen-bond acceptors (Lipinski definition) is 5. The summed E-state index contributed by atoms with van der Waals surface area (Å²) < 4.78 is 1.43. The van der Waals surface area contributed by atoms with Crippen molar-refractivity contribution in [1.82, 2.24) is 20.2 Å². The van der Waals surface area contributed by atoms with Gasteiger partial charge in [-0.2, -0.15) is 0 Å². The predicted octanol–water partition coefficient (Wildman–Crippen LogP) is 2.22. The lowest BCUT2D eigenvalue weighted by Crippen LogP contribution is -2.37. The maximum atomic E-state index is 11.9. The van der Waals surface area contributed by atoms with Gasteiger partial charge in [0.15, 0.2) is 5.82 Å². The first-order chi connectivity index (χ1) is 10.9. The highest BCUT2D eigenvalue weighted by molar-refractivity contribution is 7.99. The fraction of sp³-hybridized carbons (Fsp3) is 0.438. The molecule has 2 rings (SSSR count). The van der Waals surface area contributed by atoms with Crippen molar-refractivity contribution >= 4 is 17.7 Å². The standard InChI is InChI=1S/C16H23N5OS/c1-10(2)12(4)18-14(22)9-23-16-20-19-15(21(16)17)13-7-5-11(3)6-8-13/h5-8,10,12H,9,17H2,1-4H3,(H,18,22)/t12-/m0/s1. The number of aromatic nitrogens is 3. The van der Waals surface area contributed by atoms with E-state index in [1.165, 1.54) is 22.0 Å². The Kier molecular flexibility index (Phi) is 5.65. The van der Waals surface area contributed by atoms with E-state index in [2.05, 4.69) is 29.4 Å². The minimum atomic E-state index is -0.0314. The van der Waals surface area contributed by atoms with Crippen molar-refractivity contribution in [2.45, 2.75) is 38.9 Å². The molecule has 1 aromatic carbocycles. The van der Waals surface area contributed by atoms with Crippen LogP contribution in [0.1, 0.15) is 26.3 Å². The van der Waals surface area contributed by atoms with Crippen LogP contribution in [0.25, 0.3) is 11.4 Å². The zero-order valence-corrected chi connectivity index (χ0v) is 14.7. The summed E-state index contributed by atoms with van der Waals surface area (Å²) in [5.41, 5.74) is 2.07. The van der Waals surface area contributed by atoms with Crippen LogP contribution < -0.4 is 11.2 Å². The molecule has 3 N–H and O–H groups in total. The van der Waals surface area contributed by atoms with Crippen LogP contribution >= 0.6 is 11.8 Å². The zero-order chi connectivity index (χ0) is 17.0. The number of rotatable bonds is 6. The van der Waals surface area contributed by atoms with Gasteiger partial charge in [-0.3, -0.25) is 4.79 Å². The van der Waals surface area contributed by atoms with Gasteiger partial charge in [0, 0.05) is 11.6 Å². The number of aryl methyl sites for hydroxylation is 1. The molecule has 124 valence electrons. The van der Waals surface area contributed by atoms with Gasteiger partial charge in [0.25, 0.3) is 0 Å². The number of carbonyl (C=O) groups excluding carboxylic acids is 1. The first-order valence-corrected chi connectivity index (χ1v) is 8.56. The molecule has 1 heterocycles. The number of nitrogens with one attached hydrogen (secondary N) is 1. The Bertz CT molecular complexity index is 666. The molecule has 0 fully saturated rings. The molecule has 0 saturated carbocycles. The first-order valence-electron chi connectivity index (χ1n) is 7.58. The molecule has 2 aromatic rings. The van der Waals surface area contributed by atoms with Gasteiger partial charge in [-0.15, -0.1) is 10.2 Å². The quantitative estimate of drug-likeness (QED) is 0.625. The van der Waals surface area contributed by atoms with Gasteiger partial charge in [0.05, 0.1) is 5.75 Å². The van der Waals surface area contributed by atoms with E-state index in [0.29, 0.717) is 16.9 Å². The van der Waals surface area contributed by atoms with E-state index in [4.69, 9.17) is 5.84 Å². The summed E-state index contributed by atoms with van der Waals surface area (Å²) in [5.74, 6) is 7.27. The number of nitrogens with zero attached hydrogens (tertiary/aromatic N) is 3. The Labute approximate surface area is 140 Å². The van der Waals surface area contributed by atoms with Crippen molar-refractivity contribution in [2.24, 2.45) is 5.92 Å². The Balaban J connectivity index is 2.00. The molecule has 0 bridgehead atoms. The summed E-state index contributed by atoms with van der Waals surface area (Å²) in [5, 5.41) is 11.7. The second-order valence-corrected chi connectivity index (χ2v) is 6.87. The average molecular weight is 333 g/mol. The molecule has 0 radical (unpaired) electrons. The van der Waals surface area contributed by atoms with Crippen LogP contribution in [-0.4, -0.2) is 32.6 Å². The van der Waals surface area contributed by atoms with E-state index in [0.717, 1.165) is 5.56 Å². The molecule has 23 heavy (non-hydrogen) atoms. The Morgan fingerprint density at radius 3 is 2.52 bits per heavy atom. The van der Waals surface area contributed by atoms with E-state index in [-0.39, 0.29) is 17.7 Å². The number of nitrogen functional groups attached to an aromatic ring is 1. The normalized spacial score (nSPS) is 12.4. The van der Waals surface area contributed by atoms with Crippen LogP contribution in [0, 0.1) is 12.8 Å². The van der Waals surface area contributed by atoms with Gasteiger partial charge in [0.2, 0.25) is 11.1 Å². The van der Waals surface area contributed by atoms with E-state index >= 15 is 0 Å². The van der Waals surface area contributed by atoms with Gasteiger partial charge >= 0.3 is 0 Å². The van der Waals surface area contributed by atoms with Crippen LogP contribution in [0.3, 0.4) is 0 Å². The van der Waals surface area contributed by atoms with E-state index < -0.39 is 0 Å². The Morgan fingerprint density at radius 2 is 1.91 bits per heavy atom. The highest BCUT2D eigenvalue weighted by atomic mass is 32.2. The summed E-state index contributed by atoms with van der Waals surface area (Å²) >= 11 is 1.28. The number of nitrogens with two attached hydrogens (primary N) is 1. The molecule has 1 aromatic heterocycles. The van der Waals surface area contributed by atoms with Gasteiger partial charge in [-0.1, -0.05) is 55.4 Å². The number of hydrogen-bond donors (Lipinski definition) is 2. The Morgan fingerprint density at radius 1 is 1.26 bits per heavy atom. The van der Waals surface area contributed by atoms with Crippen molar-refractivity contribution in [3.8, 4) is 11.4 Å². The zero-order valence-electron chi connectivity index (χ0n) is 13.9. The molecule has 0 spiro atoms. The number of amides is 1. The minimum Gasteiger partial charge on any atom is -0.353 e. The number of benzene rings is 1. The molecule has 0 aliphatic carbocycles. The monoisotopic (exact) mass is 333 g/mol.